The van der Waals surface area contributed by atoms with Crippen LogP contribution in [0.25, 0.3) is 0 Å². The monoisotopic (exact) mass is 309 g/mol. The second-order valence-corrected chi connectivity index (χ2v) is 4.63. The minimum Gasteiger partial charge on any atom is -0.482 e. The molecule has 0 saturated carbocycles. The van der Waals surface area contributed by atoms with E-state index >= 15 is 0 Å². The topological polar surface area (TPSA) is 61.5 Å². The highest BCUT2D eigenvalue weighted by atomic mass is 35.5. The zero-order valence-electron chi connectivity index (χ0n) is 11.0. The molecule has 0 aromatic heterocycles. The maximum Gasteiger partial charge on any atom is 0.344 e. The predicted octanol–water partition coefficient (Wildman–Crippen LogP) is 3.18. The van der Waals surface area contributed by atoms with Gasteiger partial charge in [-0.25, -0.2) is 9.18 Å². The average molecular weight is 310 g/mol. The maximum atomic E-state index is 13.5. The van der Waals surface area contributed by atoms with Crippen molar-refractivity contribution in [1.82, 2.24) is 0 Å². The first-order chi connectivity index (χ1) is 10.1. The van der Waals surface area contributed by atoms with E-state index in [0.717, 1.165) is 0 Å². The lowest BCUT2D eigenvalue weighted by atomic mass is 10.2. The molecule has 4 nitrogen and oxygen atoms in total. The van der Waals surface area contributed by atoms with Crippen LogP contribution in [0.1, 0.15) is 5.56 Å². The largest absolute Gasteiger partial charge is 0.482 e. The van der Waals surface area contributed by atoms with Crippen LogP contribution >= 0.6 is 11.6 Å². The second-order valence-electron chi connectivity index (χ2n) is 4.22. The van der Waals surface area contributed by atoms with Crippen molar-refractivity contribution in [3.05, 3.63) is 58.9 Å². The van der Waals surface area contributed by atoms with Crippen molar-refractivity contribution in [2.45, 2.75) is 6.61 Å². The number of benzene rings is 2. The van der Waals surface area contributed by atoms with Gasteiger partial charge in [-0.2, -0.15) is 0 Å². The van der Waals surface area contributed by atoms with Gasteiger partial charge >= 0.3 is 5.97 Å². The first kappa shape index (κ1) is 15.1. The summed E-state index contributed by atoms with van der Waals surface area (Å²) in [5.74, 6) is -0.647. The molecule has 0 amide bonds. The smallest absolute Gasteiger partial charge is 0.344 e. The Morgan fingerprint density at radius 2 is 1.90 bits per heavy atom. The number of rotatable bonds is 5. The normalized spacial score (nSPS) is 10.2. The summed E-state index contributed by atoms with van der Waals surface area (Å²) < 4.78 is 23.6. The lowest BCUT2D eigenvalue weighted by Gasteiger charge is -2.09. The number of hydrogen-bond donors (Lipinski definition) is 1. The van der Waals surface area contributed by atoms with Crippen LogP contribution in [-0.4, -0.2) is 12.6 Å². The minimum atomic E-state index is -0.619. The summed E-state index contributed by atoms with van der Waals surface area (Å²) in [7, 11) is 0. The lowest BCUT2D eigenvalue weighted by molar-refractivity contribution is -0.147. The predicted molar refractivity (Wildman–Crippen MR) is 77.6 cm³/mol. The van der Waals surface area contributed by atoms with Crippen molar-refractivity contribution in [3.8, 4) is 5.75 Å². The SMILES string of the molecule is Nc1ccc(OCC(=O)OCc2c(F)cccc2Cl)cc1. The van der Waals surface area contributed by atoms with Gasteiger partial charge in [-0.3, -0.25) is 0 Å². The number of ether oxygens (including phenoxy) is 2. The number of nitrogens with two attached hydrogens (primary N) is 1. The maximum absolute atomic E-state index is 13.5. The molecule has 0 fully saturated rings. The number of halogens is 2. The molecule has 0 spiro atoms. The molecule has 0 unspecified atom stereocenters. The summed E-state index contributed by atoms with van der Waals surface area (Å²) in [6.45, 7) is -0.522. The minimum absolute atomic E-state index is 0.139. The van der Waals surface area contributed by atoms with Crippen LogP contribution in [0.15, 0.2) is 42.5 Å². The fourth-order valence-corrected chi connectivity index (χ4v) is 1.79. The molecular weight excluding hydrogens is 297 g/mol. The van der Waals surface area contributed by atoms with Crippen LogP contribution in [0.5, 0.6) is 5.75 Å². The zero-order chi connectivity index (χ0) is 15.2. The molecular formula is C15H13ClFNO3. The van der Waals surface area contributed by atoms with E-state index in [2.05, 4.69) is 0 Å². The molecule has 0 aliphatic rings. The Bertz CT molecular complexity index is 611. The first-order valence-corrected chi connectivity index (χ1v) is 6.51. The van der Waals surface area contributed by atoms with Gasteiger partial charge in [-0.15, -0.1) is 0 Å². The van der Waals surface area contributed by atoms with E-state index in [9.17, 15) is 9.18 Å². The van der Waals surface area contributed by atoms with E-state index in [1.165, 1.54) is 18.2 Å². The number of hydrogen-bond acceptors (Lipinski definition) is 4. The van der Waals surface area contributed by atoms with Gasteiger partial charge in [0.1, 0.15) is 18.2 Å². The molecule has 0 bridgehead atoms. The number of carbonyl (C=O) groups is 1. The molecule has 0 aliphatic carbocycles. The van der Waals surface area contributed by atoms with Crippen LogP contribution < -0.4 is 10.5 Å². The third-order valence-corrected chi connectivity index (χ3v) is 3.03. The second kappa shape index (κ2) is 6.95. The van der Waals surface area contributed by atoms with Crippen LogP contribution in [0.2, 0.25) is 5.02 Å². The molecule has 2 aromatic rings. The highest BCUT2D eigenvalue weighted by Gasteiger charge is 2.10. The van der Waals surface area contributed by atoms with Gasteiger partial charge in [-0.05, 0) is 36.4 Å². The van der Waals surface area contributed by atoms with Gasteiger partial charge in [0.25, 0.3) is 0 Å². The van der Waals surface area contributed by atoms with Crippen LogP contribution in [0, 0.1) is 5.82 Å². The number of anilines is 1. The van der Waals surface area contributed by atoms with Crippen molar-refractivity contribution in [2.75, 3.05) is 12.3 Å². The van der Waals surface area contributed by atoms with Crippen molar-refractivity contribution in [1.29, 1.82) is 0 Å². The van der Waals surface area contributed by atoms with Gasteiger partial charge < -0.3 is 15.2 Å². The standard InChI is InChI=1S/C15H13ClFNO3/c16-13-2-1-3-14(17)12(13)8-21-15(19)9-20-11-6-4-10(18)5-7-11/h1-7H,8-9,18H2. The van der Waals surface area contributed by atoms with E-state index in [1.54, 1.807) is 24.3 Å². The van der Waals surface area contributed by atoms with Crippen molar-refractivity contribution in [3.63, 3.8) is 0 Å². The summed E-state index contributed by atoms with van der Waals surface area (Å²) in [5.41, 5.74) is 6.26. The first-order valence-electron chi connectivity index (χ1n) is 6.13. The van der Waals surface area contributed by atoms with E-state index in [0.29, 0.717) is 11.4 Å². The van der Waals surface area contributed by atoms with Crippen molar-refractivity contribution >= 4 is 23.3 Å². The van der Waals surface area contributed by atoms with E-state index < -0.39 is 11.8 Å². The molecule has 6 heteroatoms. The van der Waals surface area contributed by atoms with Crippen LogP contribution in [-0.2, 0) is 16.1 Å². The highest BCUT2D eigenvalue weighted by Crippen LogP contribution is 2.20. The lowest BCUT2D eigenvalue weighted by Crippen LogP contribution is -2.15. The molecule has 2 rings (SSSR count). The Morgan fingerprint density at radius 3 is 2.57 bits per heavy atom. The molecule has 0 aliphatic heterocycles. The molecule has 2 N–H and O–H groups in total. The summed E-state index contributed by atoms with van der Waals surface area (Å²) in [4.78, 5) is 11.5. The molecule has 2 aromatic carbocycles. The van der Waals surface area contributed by atoms with Gasteiger partial charge in [0, 0.05) is 11.3 Å². The third-order valence-electron chi connectivity index (χ3n) is 2.68. The van der Waals surface area contributed by atoms with Crippen molar-refractivity contribution < 1.29 is 18.7 Å². The Hall–Kier alpha value is -2.27. The number of nitrogen functional groups attached to an aromatic ring is 1. The van der Waals surface area contributed by atoms with E-state index in [1.807, 2.05) is 0 Å². The number of esters is 1. The Kier molecular flexibility index (Phi) is 5.00. The molecule has 21 heavy (non-hydrogen) atoms. The van der Waals surface area contributed by atoms with Crippen LogP contribution in [0.4, 0.5) is 10.1 Å². The summed E-state index contributed by atoms with van der Waals surface area (Å²) in [6.07, 6.45) is 0. The Labute approximate surface area is 126 Å². The fraction of sp³-hybridized carbons (Fsp3) is 0.133. The summed E-state index contributed by atoms with van der Waals surface area (Å²) in [5, 5.41) is 0.210. The molecule has 0 radical (unpaired) electrons. The highest BCUT2D eigenvalue weighted by molar-refractivity contribution is 6.31. The Morgan fingerprint density at radius 1 is 1.19 bits per heavy atom. The van der Waals surface area contributed by atoms with E-state index in [4.69, 9.17) is 26.8 Å². The molecule has 0 atom stereocenters. The van der Waals surface area contributed by atoms with Gasteiger partial charge in [0.15, 0.2) is 6.61 Å². The Balaban J connectivity index is 1.84. The number of carbonyl (C=O) groups excluding carboxylic acids is 1. The van der Waals surface area contributed by atoms with Gasteiger partial charge in [0.05, 0.1) is 5.02 Å². The molecule has 0 heterocycles. The average Bonchev–Trinajstić information content (AvgIpc) is 2.46. The molecule has 110 valence electrons. The van der Waals surface area contributed by atoms with E-state index in [-0.39, 0.29) is 23.8 Å². The summed E-state index contributed by atoms with van der Waals surface area (Å²) in [6, 6.07) is 10.8. The van der Waals surface area contributed by atoms with Crippen LogP contribution in [0.3, 0.4) is 0 Å². The summed E-state index contributed by atoms with van der Waals surface area (Å²) >= 11 is 5.83. The third kappa shape index (κ3) is 4.36. The molecule has 0 saturated heterocycles. The van der Waals surface area contributed by atoms with Crippen molar-refractivity contribution in [2.24, 2.45) is 0 Å². The zero-order valence-corrected chi connectivity index (χ0v) is 11.8. The van der Waals surface area contributed by atoms with Gasteiger partial charge in [0.2, 0.25) is 0 Å². The quantitative estimate of drug-likeness (QED) is 0.680. The van der Waals surface area contributed by atoms with Gasteiger partial charge in [-0.1, -0.05) is 17.7 Å². The fourth-order valence-electron chi connectivity index (χ4n) is 1.57.